The third-order valence-corrected chi connectivity index (χ3v) is 5.26. The molecule has 8 heteroatoms. The van der Waals surface area contributed by atoms with Crippen molar-refractivity contribution in [1.82, 2.24) is 19.6 Å². The number of anilines is 1. The first kappa shape index (κ1) is 18.5. The number of amides is 1. The Morgan fingerprint density at radius 1 is 1.18 bits per heavy atom. The van der Waals surface area contributed by atoms with E-state index in [0.717, 1.165) is 11.3 Å². The Kier molecular flexibility index (Phi) is 5.27. The van der Waals surface area contributed by atoms with Crippen LogP contribution in [0.5, 0.6) is 0 Å². The molecule has 0 aliphatic rings. The van der Waals surface area contributed by atoms with Crippen LogP contribution < -0.4 is 5.32 Å². The maximum absolute atomic E-state index is 12.6. The predicted molar refractivity (Wildman–Crippen MR) is 111 cm³/mol. The van der Waals surface area contributed by atoms with E-state index in [9.17, 15) is 4.79 Å². The van der Waals surface area contributed by atoms with E-state index in [-0.39, 0.29) is 5.91 Å². The van der Waals surface area contributed by atoms with Crippen molar-refractivity contribution in [3.8, 4) is 0 Å². The molecule has 0 fully saturated rings. The molecule has 2 heterocycles. The fourth-order valence-corrected chi connectivity index (χ4v) is 3.68. The van der Waals surface area contributed by atoms with Crippen LogP contribution in [0.25, 0.3) is 5.78 Å². The van der Waals surface area contributed by atoms with E-state index in [1.54, 1.807) is 4.52 Å². The Morgan fingerprint density at radius 3 is 2.79 bits per heavy atom. The number of carbonyl (C=O) groups excluding carboxylic acids is 1. The highest BCUT2D eigenvalue weighted by atomic mass is 35.5. The van der Waals surface area contributed by atoms with Crippen LogP contribution >= 0.6 is 23.4 Å². The molecule has 0 unspecified atom stereocenters. The molecule has 28 heavy (non-hydrogen) atoms. The van der Waals surface area contributed by atoms with Gasteiger partial charge in [0, 0.05) is 22.7 Å². The van der Waals surface area contributed by atoms with E-state index < -0.39 is 0 Å². The van der Waals surface area contributed by atoms with Gasteiger partial charge in [0.2, 0.25) is 5.16 Å². The van der Waals surface area contributed by atoms with Crippen molar-refractivity contribution in [2.24, 2.45) is 0 Å². The van der Waals surface area contributed by atoms with Crippen LogP contribution in [-0.2, 0) is 5.75 Å². The second kappa shape index (κ2) is 8.00. The first-order chi connectivity index (χ1) is 13.6. The van der Waals surface area contributed by atoms with Gasteiger partial charge in [0.25, 0.3) is 11.7 Å². The molecule has 4 aromatic rings. The van der Waals surface area contributed by atoms with Gasteiger partial charge in [0.05, 0.1) is 11.3 Å². The van der Waals surface area contributed by atoms with Gasteiger partial charge < -0.3 is 5.32 Å². The molecule has 0 spiro atoms. The summed E-state index contributed by atoms with van der Waals surface area (Å²) in [7, 11) is 0. The molecule has 4 rings (SSSR count). The minimum absolute atomic E-state index is 0.235. The third-order valence-electron chi connectivity index (χ3n) is 4.12. The summed E-state index contributed by atoms with van der Waals surface area (Å²) in [6.07, 6.45) is 1.53. The van der Waals surface area contributed by atoms with Crippen LogP contribution in [0.15, 0.2) is 66.0 Å². The van der Waals surface area contributed by atoms with Gasteiger partial charge >= 0.3 is 0 Å². The quantitative estimate of drug-likeness (QED) is 0.486. The Morgan fingerprint density at radius 2 is 2.00 bits per heavy atom. The van der Waals surface area contributed by atoms with Crippen molar-refractivity contribution in [3.63, 3.8) is 0 Å². The van der Waals surface area contributed by atoms with Crippen LogP contribution in [0, 0.1) is 6.92 Å². The number of halogens is 1. The van der Waals surface area contributed by atoms with Crippen LogP contribution in [0.1, 0.15) is 21.6 Å². The Hall–Kier alpha value is -2.90. The first-order valence-corrected chi connectivity index (χ1v) is 9.92. The molecule has 140 valence electrons. The number of aryl methyl sites for hydroxylation is 1. The molecule has 1 N–H and O–H groups in total. The number of nitrogens with zero attached hydrogens (tertiary/aromatic N) is 4. The van der Waals surface area contributed by atoms with E-state index in [1.807, 2.05) is 61.5 Å². The minimum Gasteiger partial charge on any atom is -0.322 e. The predicted octanol–water partition coefficient (Wildman–Crippen LogP) is 4.63. The lowest BCUT2D eigenvalue weighted by atomic mass is 10.2. The fourth-order valence-electron chi connectivity index (χ4n) is 2.70. The zero-order valence-corrected chi connectivity index (χ0v) is 16.5. The summed E-state index contributed by atoms with van der Waals surface area (Å²) < 4.78 is 1.60. The fraction of sp³-hybridized carbons (Fsp3) is 0.100. The molecule has 0 aliphatic heterocycles. The first-order valence-electron chi connectivity index (χ1n) is 8.56. The van der Waals surface area contributed by atoms with E-state index in [4.69, 9.17) is 11.6 Å². The number of hydrogen-bond acceptors (Lipinski definition) is 5. The number of thioether (sulfide) groups is 1. The van der Waals surface area contributed by atoms with Gasteiger partial charge in [-0.15, -0.1) is 5.10 Å². The molecule has 0 radical (unpaired) electrons. The molecular formula is C20H16ClN5OS. The van der Waals surface area contributed by atoms with Crippen LogP contribution in [-0.4, -0.2) is 25.5 Å². The van der Waals surface area contributed by atoms with E-state index >= 15 is 0 Å². The monoisotopic (exact) mass is 409 g/mol. The summed E-state index contributed by atoms with van der Waals surface area (Å²) in [5.41, 5.74) is 2.94. The van der Waals surface area contributed by atoms with Crippen molar-refractivity contribution in [3.05, 3.63) is 82.6 Å². The number of nitrogens with one attached hydrogen (secondary N) is 1. The molecule has 6 nitrogen and oxygen atoms in total. The molecule has 2 aromatic carbocycles. The van der Waals surface area contributed by atoms with Crippen LogP contribution in [0.2, 0.25) is 5.02 Å². The number of hydrogen-bond donors (Lipinski definition) is 1. The zero-order valence-electron chi connectivity index (χ0n) is 15.0. The maximum atomic E-state index is 12.6. The molecule has 1 amide bonds. The van der Waals surface area contributed by atoms with Gasteiger partial charge in [-0.3, -0.25) is 4.79 Å². The topological polar surface area (TPSA) is 72.2 Å². The van der Waals surface area contributed by atoms with Crippen molar-refractivity contribution in [1.29, 1.82) is 0 Å². The molecule has 0 bridgehead atoms. The van der Waals surface area contributed by atoms with Gasteiger partial charge in [0.1, 0.15) is 0 Å². The van der Waals surface area contributed by atoms with Gasteiger partial charge in [0.15, 0.2) is 0 Å². The number of carbonyl (C=O) groups is 1. The highest BCUT2D eigenvalue weighted by Gasteiger charge is 2.16. The Balaban J connectivity index is 1.55. The normalized spacial score (nSPS) is 10.9. The van der Waals surface area contributed by atoms with Crippen molar-refractivity contribution >= 4 is 40.7 Å². The van der Waals surface area contributed by atoms with Crippen LogP contribution in [0.4, 0.5) is 5.69 Å². The minimum atomic E-state index is -0.235. The molecule has 0 saturated carbocycles. The van der Waals surface area contributed by atoms with Gasteiger partial charge in [-0.2, -0.15) is 9.50 Å². The SMILES string of the molecule is Cc1c(C(=O)Nc2ccccc2)cnc2nc(SCc3cccc(Cl)c3)nn12. The number of aromatic nitrogens is 4. The van der Waals surface area contributed by atoms with Crippen molar-refractivity contribution < 1.29 is 4.79 Å². The molecule has 0 aliphatic carbocycles. The number of rotatable bonds is 5. The average molecular weight is 410 g/mol. The number of benzene rings is 2. The van der Waals surface area contributed by atoms with E-state index in [1.165, 1.54) is 18.0 Å². The summed E-state index contributed by atoms with van der Waals surface area (Å²) in [5.74, 6) is 0.918. The Labute approximate surface area is 171 Å². The lowest BCUT2D eigenvalue weighted by Crippen LogP contribution is -2.16. The second-order valence-electron chi connectivity index (χ2n) is 6.10. The summed E-state index contributed by atoms with van der Waals surface area (Å²) in [4.78, 5) is 21.3. The lowest BCUT2D eigenvalue weighted by molar-refractivity contribution is 0.102. The zero-order chi connectivity index (χ0) is 19.5. The number of para-hydroxylation sites is 1. The van der Waals surface area contributed by atoms with Crippen molar-refractivity contribution in [2.45, 2.75) is 17.8 Å². The summed E-state index contributed by atoms with van der Waals surface area (Å²) in [6, 6.07) is 17.0. The van der Waals surface area contributed by atoms with Gasteiger partial charge in [-0.1, -0.05) is 53.7 Å². The van der Waals surface area contributed by atoms with Gasteiger partial charge in [-0.25, -0.2) is 4.98 Å². The third kappa shape index (κ3) is 4.00. The maximum Gasteiger partial charge on any atom is 0.259 e. The summed E-state index contributed by atoms with van der Waals surface area (Å²) in [5, 5.41) is 8.65. The highest BCUT2D eigenvalue weighted by molar-refractivity contribution is 7.98. The highest BCUT2D eigenvalue weighted by Crippen LogP contribution is 2.22. The molecular weight excluding hydrogens is 394 g/mol. The van der Waals surface area contributed by atoms with Crippen LogP contribution in [0.3, 0.4) is 0 Å². The lowest BCUT2D eigenvalue weighted by Gasteiger charge is -2.07. The smallest absolute Gasteiger partial charge is 0.259 e. The molecule has 0 saturated heterocycles. The largest absolute Gasteiger partial charge is 0.322 e. The van der Waals surface area contributed by atoms with E-state index in [0.29, 0.717) is 33.0 Å². The van der Waals surface area contributed by atoms with Crippen molar-refractivity contribution in [2.75, 3.05) is 5.32 Å². The molecule has 0 atom stereocenters. The summed E-state index contributed by atoms with van der Waals surface area (Å²) >= 11 is 7.52. The summed E-state index contributed by atoms with van der Waals surface area (Å²) in [6.45, 7) is 1.83. The van der Waals surface area contributed by atoms with E-state index in [2.05, 4.69) is 20.4 Å². The number of fused-ring (bicyclic) bond motifs is 1. The standard InChI is InChI=1S/C20H16ClN5OS/c1-13-17(18(27)23-16-8-3-2-4-9-16)11-22-19-24-20(25-26(13)19)28-12-14-6-5-7-15(21)10-14/h2-11H,12H2,1H3,(H,23,27). The molecule has 2 aromatic heterocycles. The Bertz CT molecular complexity index is 1150. The second-order valence-corrected chi connectivity index (χ2v) is 7.48. The average Bonchev–Trinajstić information content (AvgIpc) is 3.12. The van der Waals surface area contributed by atoms with Gasteiger partial charge in [-0.05, 0) is 36.8 Å².